The summed E-state index contributed by atoms with van der Waals surface area (Å²) in [6.07, 6.45) is -0.00501. The molecule has 0 aromatic heterocycles. The minimum Gasteiger partial charge on any atom is -0.340 e. The number of nitrogens with one attached hydrogen (secondary N) is 1. The average Bonchev–Trinajstić information content (AvgIpc) is 2.74. The second-order valence-electron chi connectivity index (χ2n) is 7.25. The number of piperazine rings is 1. The van der Waals surface area contributed by atoms with E-state index in [9.17, 15) is 22.4 Å². The highest BCUT2D eigenvalue weighted by molar-refractivity contribution is 7.89. The molecule has 0 radical (unpaired) electrons. The molecule has 0 aliphatic carbocycles. The van der Waals surface area contributed by atoms with E-state index in [4.69, 9.17) is 11.6 Å². The maximum absolute atomic E-state index is 13.1. The van der Waals surface area contributed by atoms with Crippen LogP contribution in [0.25, 0.3) is 0 Å². The Labute approximate surface area is 185 Å². The van der Waals surface area contributed by atoms with Crippen LogP contribution < -0.4 is 5.32 Å². The van der Waals surface area contributed by atoms with Gasteiger partial charge in [-0.25, -0.2) is 12.8 Å². The molecule has 1 N–H and O–H groups in total. The highest BCUT2D eigenvalue weighted by atomic mass is 35.5. The maximum Gasteiger partial charge on any atom is 0.243 e. The summed E-state index contributed by atoms with van der Waals surface area (Å²) in [5.41, 5.74) is 1.09. The maximum atomic E-state index is 13.1. The number of anilines is 1. The second kappa shape index (κ2) is 9.76. The quantitative estimate of drug-likeness (QED) is 0.707. The van der Waals surface area contributed by atoms with Gasteiger partial charge in [0.15, 0.2) is 0 Å². The number of sulfonamides is 1. The van der Waals surface area contributed by atoms with Crippen molar-refractivity contribution in [2.24, 2.45) is 0 Å². The van der Waals surface area contributed by atoms with Crippen LogP contribution >= 0.6 is 11.6 Å². The molecule has 1 aliphatic rings. The zero-order valence-electron chi connectivity index (χ0n) is 17.0. The Balaban J connectivity index is 1.48. The lowest BCUT2D eigenvalue weighted by atomic mass is 10.2. The van der Waals surface area contributed by atoms with Crippen molar-refractivity contribution in [3.05, 3.63) is 58.9 Å². The minimum atomic E-state index is -3.65. The molecule has 166 valence electrons. The van der Waals surface area contributed by atoms with Crippen molar-refractivity contribution in [3.63, 3.8) is 0 Å². The van der Waals surface area contributed by atoms with Gasteiger partial charge >= 0.3 is 0 Å². The molecule has 0 bridgehead atoms. The van der Waals surface area contributed by atoms with Crippen LogP contribution in [0, 0.1) is 12.7 Å². The number of hydrogen-bond acceptors (Lipinski definition) is 4. The number of carbonyl (C=O) groups excluding carboxylic acids is 2. The van der Waals surface area contributed by atoms with Gasteiger partial charge in [-0.3, -0.25) is 9.59 Å². The predicted octanol–water partition coefficient (Wildman–Crippen LogP) is 3.04. The van der Waals surface area contributed by atoms with E-state index < -0.39 is 10.0 Å². The first-order chi connectivity index (χ1) is 14.7. The van der Waals surface area contributed by atoms with E-state index >= 15 is 0 Å². The smallest absolute Gasteiger partial charge is 0.243 e. The number of halogens is 2. The molecule has 0 atom stereocenters. The molecule has 3 rings (SSSR count). The SMILES string of the molecule is Cc1cc(F)ccc1NC(=O)CCC(=O)N1CCN(S(=O)(=O)c2ccc(Cl)cc2)CC1. The van der Waals surface area contributed by atoms with Gasteiger partial charge in [0.2, 0.25) is 21.8 Å². The molecular formula is C21H23ClFN3O4S. The van der Waals surface area contributed by atoms with Crippen LogP contribution in [0.4, 0.5) is 10.1 Å². The second-order valence-corrected chi connectivity index (χ2v) is 9.62. The Bertz CT molecular complexity index is 1070. The summed E-state index contributed by atoms with van der Waals surface area (Å²) in [5.74, 6) is -0.940. The molecule has 1 heterocycles. The Morgan fingerprint density at radius 1 is 1.03 bits per heavy atom. The molecule has 1 saturated heterocycles. The van der Waals surface area contributed by atoms with Gasteiger partial charge < -0.3 is 10.2 Å². The summed E-state index contributed by atoms with van der Waals surface area (Å²) in [7, 11) is -3.65. The summed E-state index contributed by atoms with van der Waals surface area (Å²) in [5, 5.41) is 3.12. The summed E-state index contributed by atoms with van der Waals surface area (Å²) in [4.78, 5) is 26.3. The molecule has 1 fully saturated rings. The van der Waals surface area contributed by atoms with Gasteiger partial charge in [-0.2, -0.15) is 4.31 Å². The third kappa shape index (κ3) is 5.81. The molecule has 0 spiro atoms. The van der Waals surface area contributed by atoms with Crippen LogP contribution in [0.3, 0.4) is 0 Å². The van der Waals surface area contributed by atoms with Crippen LogP contribution in [0.15, 0.2) is 47.4 Å². The van der Waals surface area contributed by atoms with Crippen molar-refractivity contribution >= 4 is 39.1 Å². The van der Waals surface area contributed by atoms with Crippen LogP contribution in [0.2, 0.25) is 5.02 Å². The van der Waals surface area contributed by atoms with E-state index in [1.165, 1.54) is 46.8 Å². The predicted molar refractivity (Wildman–Crippen MR) is 116 cm³/mol. The van der Waals surface area contributed by atoms with Crippen molar-refractivity contribution in [2.45, 2.75) is 24.7 Å². The van der Waals surface area contributed by atoms with E-state index in [1.807, 2.05) is 0 Å². The Morgan fingerprint density at radius 2 is 1.68 bits per heavy atom. The number of nitrogens with zero attached hydrogens (tertiary/aromatic N) is 2. The minimum absolute atomic E-state index is 0.00993. The normalized spacial score (nSPS) is 15.0. The topological polar surface area (TPSA) is 86.8 Å². The lowest BCUT2D eigenvalue weighted by molar-refractivity contribution is -0.133. The zero-order chi connectivity index (χ0) is 22.6. The first-order valence-electron chi connectivity index (χ1n) is 9.76. The zero-order valence-corrected chi connectivity index (χ0v) is 18.5. The molecule has 2 amide bonds. The van der Waals surface area contributed by atoms with Gasteiger partial charge in [0.25, 0.3) is 0 Å². The van der Waals surface area contributed by atoms with Crippen molar-refractivity contribution in [3.8, 4) is 0 Å². The fraction of sp³-hybridized carbons (Fsp3) is 0.333. The van der Waals surface area contributed by atoms with Gasteiger partial charge in [0, 0.05) is 49.7 Å². The average molecular weight is 468 g/mol. The summed E-state index contributed by atoms with van der Waals surface area (Å²) in [6.45, 7) is 2.55. The largest absolute Gasteiger partial charge is 0.340 e. The number of hydrogen-bond donors (Lipinski definition) is 1. The number of amides is 2. The molecule has 7 nitrogen and oxygen atoms in total. The van der Waals surface area contributed by atoms with Crippen molar-refractivity contribution in [2.75, 3.05) is 31.5 Å². The highest BCUT2D eigenvalue weighted by Gasteiger charge is 2.30. The lowest BCUT2D eigenvalue weighted by Gasteiger charge is -2.34. The van der Waals surface area contributed by atoms with Crippen LogP contribution in [0.1, 0.15) is 18.4 Å². The Hall–Kier alpha value is -2.49. The van der Waals surface area contributed by atoms with Crippen molar-refractivity contribution < 1.29 is 22.4 Å². The lowest BCUT2D eigenvalue weighted by Crippen LogP contribution is -2.50. The third-order valence-corrected chi connectivity index (χ3v) is 7.24. The molecule has 0 unspecified atom stereocenters. The molecule has 31 heavy (non-hydrogen) atoms. The van der Waals surface area contributed by atoms with Gasteiger partial charge in [0.1, 0.15) is 5.82 Å². The van der Waals surface area contributed by atoms with Crippen LogP contribution in [-0.4, -0.2) is 55.6 Å². The standard InChI is InChI=1S/C21H23ClFN3O4S/c1-15-14-17(23)4-7-19(15)24-20(27)8-9-21(28)25-10-12-26(13-11-25)31(29,30)18-5-2-16(22)3-6-18/h2-7,14H,8-13H2,1H3,(H,24,27). The van der Waals surface area contributed by atoms with Gasteiger partial charge in [-0.1, -0.05) is 11.6 Å². The van der Waals surface area contributed by atoms with E-state index in [0.717, 1.165) is 0 Å². The first kappa shape index (κ1) is 23.2. The van der Waals surface area contributed by atoms with Gasteiger partial charge in [0.05, 0.1) is 4.90 Å². The van der Waals surface area contributed by atoms with E-state index in [2.05, 4.69) is 5.32 Å². The summed E-state index contributed by atoms with van der Waals surface area (Å²) >= 11 is 5.82. The Kier molecular flexibility index (Phi) is 7.30. The highest BCUT2D eigenvalue weighted by Crippen LogP contribution is 2.20. The van der Waals surface area contributed by atoms with E-state index in [0.29, 0.717) is 16.3 Å². The fourth-order valence-electron chi connectivity index (χ4n) is 3.29. The monoisotopic (exact) mass is 467 g/mol. The molecule has 2 aromatic carbocycles. The van der Waals surface area contributed by atoms with Crippen LogP contribution in [-0.2, 0) is 19.6 Å². The van der Waals surface area contributed by atoms with Gasteiger partial charge in [-0.05, 0) is 55.0 Å². The summed E-state index contributed by atoms with van der Waals surface area (Å²) in [6, 6.07) is 10.0. The van der Waals surface area contributed by atoms with Gasteiger partial charge in [-0.15, -0.1) is 0 Å². The number of carbonyl (C=O) groups is 2. The third-order valence-electron chi connectivity index (χ3n) is 5.07. The summed E-state index contributed by atoms with van der Waals surface area (Å²) < 4.78 is 39.9. The van der Waals surface area contributed by atoms with Crippen LogP contribution in [0.5, 0.6) is 0 Å². The number of aryl methyl sites for hydroxylation is 1. The Morgan fingerprint density at radius 3 is 2.29 bits per heavy atom. The first-order valence-corrected chi connectivity index (χ1v) is 11.6. The molecule has 2 aromatic rings. The van der Waals surface area contributed by atoms with E-state index in [1.54, 1.807) is 11.8 Å². The molecule has 0 saturated carbocycles. The van der Waals surface area contributed by atoms with E-state index in [-0.39, 0.29) is 61.5 Å². The van der Waals surface area contributed by atoms with Crippen molar-refractivity contribution in [1.29, 1.82) is 0 Å². The van der Waals surface area contributed by atoms with Crippen molar-refractivity contribution in [1.82, 2.24) is 9.21 Å². The number of rotatable bonds is 6. The molecular weight excluding hydrogens is 445 g/mol. The number of benzene rings is 2. The fourth-order valence-corrected chi connectivity index (χ4v) is 4.84. The molecule has 1 aliphatic heterocycles. The molecule has 10 heteroatoms.